The molecule has 0 aliphatic carbocycles. The van der Waals surface area contributed by atoms with Gasteiger partial charge in [0.2, 0.25) is 0 Å². The molecular formula is C14H8Cl2FN3. The Bertz CT molecular complexity index is 792. The Morgan fingerprint density at radius 2 is 1.95 bits per heavy atom. The van der Waals surface area contributed by atoms with Gasteiger partial charge in [-0.3, -0.25) is 4.98 Å². The normalized spacial score (nSPS) is 10.8. The Morgan fingerprint density at radius 3 is 2.75 bits per heavy atom. The third kappa shape index (κ3) is 2.40. The van der Waals surface area contributed by atoms with E-state index in [1.807, 2.05) is 6.07 Å². The van der Waals surface area contributed by atoms with Gasteiger partial charge in [0.25, 0.3) is 0 Å². The molecule has 0 aliphatic rings. The third-order valence-corrected chi connectivity index (χ3v) is 3.31. The van der Waals surface area contributed by atoms with Crippen molar-refractivity contribution < 1.29 is 4.39 Å². The van der Waals surface area contributed by atoms with Crippen LogP contribution in [0.5, 0.6) is 0 Å². The van der Waals surface area contributed by atoms with Gasteiger partial charge in [-0.25, -0.2) is 9.37 Å². The Morgan fingerprint density at radius 1 is 1.10 bits per heavy atom. The average molecular weight is 308 g/mol. The number of nitrogens with one attached hydrogen (secondary N) is 1. The topological polar surface area (TPSA) is 37.8 Å². The van der Waals surface area contributed by atoms with Crippen LogP contribution in [0.3, 0.4) is 0 Å². The molecule has 0 aliphatic heterocycles. The SMILES string of the molecule is Fc1cc(Cl)cnc1Nc1ccc(Cl)c2cccnc12. The van der Waals surface area contributed by atoms with Crippen LogP contribution in [0.25, 0.3) is 10.9 Å². The maximum absolute atomic E-state index is 13.8. The molecule has 0 radical (unpaired) electrons. The van der Waals surface area contributed by atoms with E-state index in [2.05, 4.69) is 15.3 Å². The second kappa shape index (κ2) is 5.23. The number of pyridine rings is 2. The van der Waals surface area contributed by atoms with Crippen molar-refractivity contribution in [2.45, 2.75) is 0 Å². The summed E-state index contributed by atoms with van der Waals surface area (Å²) in [6, 6.07) is 8.29. The fourth-order valence-corrected chi connectivity index (χ4v) is 2.23. The van der Waals surface area contributed by atoms with Gasteiger partial charge in [-0.15, -0.1) is 0 Å². The molecule has 3 aromatic rings. The lowest BCUT2D eigenvalue weighted by Gasteiger charge is -2.10. The van der Waals surface area contributed by atoms with Crippen molar-refractivity contribution in [1.82, 2.24) is 9.97 Å². The van der Waals surface area contributed by atoms with Crippen molar-refractivity contribution in [2.24, 2.45) is 0 Å². The van der Waals surface area contributed by atoms with Gasteiger partial charge < -0.3 is 5.32 Å². The number of aromatic nitrogens is 2. The van der Waals surface area contributed by atoms with E-state index < -0.39 is 5.82 Å². The van der Waals surface area contributed by atoms with Crippen molar-refractivity contribution >= 4 is 45.6 Å². The molecule has 0 saturated carbocycles. The minimum Gasteiger partial charge on any atom is -0.336 e. The maximum Gasteiger partial charge on any atom is 0.167 e. The summed E-state index contributed by atoms with van der Waals surface area (Å²) in [6.07, 6.45) is 3.02. The summed E-state index contributed by atoms with van der Waals surface area (Å²) >= 11 is 11.8. The molecule has 1 aromatic carbocycles. The molecular weight excluding hydrogens is 300 g/mol. The van der Waals surface area contributed by atoms with Crippen LogP contribution < -0.4 is 5.32 Å². The summed E-state index contributed by atoms with van der Waals surface area (Å²) in [5, 5.41) is 4.52. The van der Waals surface area contributed by atoms with Gasteiger partial charge in [0.05, 0.1) is 21.2 Å². The van der Waals surface area contributed by atoms with E-state index in [0.29, 0.717) is 16.2 Å². The van der Waals surface area contributed by atoms with Crippen molar-refractivity contribution in [3.63, 3.8) is 0 Å². The van der Waals surface area contributed by atoms with E-state index in [0.717, 1.165) is 5.39 Å². The number of halogens is 3. The van der Waals surface area contributed by atoms with Crippen LogP contribution in [-0.4, -0.2) is 9.97 Å². The maximum atomic E-state index is 13.8. The van der Waals surface area contributed by atoms with E-state index in [4.69, 9.17) is 23.2 Å². The molecule has 100 valence electrons. The monoisotopic (exact) mass is 307 g/mol. The van der Waals surface area contributed by atoms with Crippen molar-refractivity contribution in [3.8, 4) is 0 Å². The highest BCUT2D eigenvalue weighted by Crippen LogP contribution is 2.30. The standard InChI is InChI=1S/C14H8Cl2FN3/c15-8-6-11(17)14(19-7-8)20-12-4-3-10(16)9-2-1-5-18-13(9)12/h1-7H,(H,19,20). The number of anilines is 2. The van der Waals surface area contributed by atoms with Crippen LogP contribution in [0.15, 0.2) is 42.7 Å². The van der Waals surface area contributed by atoms with Crippen molar-refractivity contribution in [1.29, 1.82) is 0 Å². The van der Waals surface area contributed by atoms with Crippen LogP contribution in [0.1, 0.15) is 0 Å². The summed E-state index contributed by atoms with van der Waals surface area (Å²) in [6.45, 7) is 0. The zero-order valence-electron chi connectivity index (χ0n) is 10.1. The number of benzene rings is 1. The molecule has 1 N–H and O–H groups in total. The third-order valence-electron chi connectivity index (χ3n) is 2.78. The molecule has 0 bridgehead atoms. The number of nitrogens with zero attached hydrogens (tertiary/aromatic N) is 2. The second-order valence-electron chi connectivity index (χ2n) is 4.10. The fourth-order valence-electron chi connectivity index (χ4n) is 1.87. The molecule has 0 amide bonds. The van der Waals surface area contributed by atoms with Crippen molar-refractivity contribution in [2.75, 3.05) is 5.32 Å². The first-order chi connectivity index (χ1) is 9.65. The molecule has 6 heteroatoms. The van der Waals surface area contributed by atoms with E-state index in [1.165, 1.54) is 12.3 Å². The molecule has 0 unspecified atom stereocenters. The summed E-state index contributed by atoms with van der Waals surface area (Å²) in [5.74, 6) is -0.444. The summed E-state index contributed by atoms with van der Waals surface area (Å²) in [4.78, 5) is 8.19. The molecule has 0 saturated heterocycles. The van der Waals surface area contributed by atoms with E-state index in [1.54, 1.807) is 24.4 Å². The lowest BCUT2D eigenvalue weighted by atomic mass is 10.2. The molecule has 0 fully saturated rings. The quantitative estimate of drug-likeness (QED) is 0.737. The summed E-state index contributed by atoms with van der Waals surface area (Å²) < 4.78 is 13.8. The van der Waals surface area contributed by atoms with Gasteiger partial charge in [0, 0.05) is 17.8 Å². The Labute approximate surface area is 124 Å². The van der Waals surface area contributed by atoms with E-state index in [9.17, 15) is 4.39 Å². The van der Waals surface area contributed by atoms with Crippen LogP contribution in [-0.2, 0) is 0 Å². The van der Waals surface area contributed by atoms with Gasteiger partial charge in [-0.05, 0) is 30.3 Å². The molecule has 2 aromatic heterocycles. The lowest BCUT2D eigenvalue weighted by molar-refractivity contribution is 0.626. The molecule has 3 rings (SSSR count). The van der Waals surface area contributed by atoms with Crippen LogP contribution in [0.2, 0.25) is 10.0 Å². The fraction of sp³-hybridized carbons (Fsp3) is 0. The van der Waals surface area contributed by atoms with Crippen molar-refractivity contribution in [3.05, 3.63) is 58.6 Å². The highest BCUT2D eigenvalue weighted by Gasteiger charge is 2.09. The number of fused-ring (bicyclic) bond motifs is 1. The first-order valence-corrected chi connectivity index (χ1v) is 6.52. The highest BCUT2D eigenvalue weighted by atomic mass is 35.5. The number of hydrogen-bond donors (Lipinski definition) is 1. The minimum absolute atomic E-state index is 0.0867. The van der Waals surface area contributed by atoms with Gasteiger partial charge in [-0.1, -0.05) is 23.2 Å². The largest absolute Gasteiger partial charge is 0.336 e. The smallest absolute Gasteiger partial charge is 0.167 e. The van der Waals surface area contributed by atoms with Crippen LogP contribution >= 0.6 is 23.2 Å². The predicted molar refractivity (Wildman–Crippen MR) is 79.2 cm³/mol. The zero-order valence-corrected chi connectivity index (χ0v) is 11.6. The van der Waals surface area contributed by atoms with Gasteiger partial charge in [0.15, 0.2) is 11.6 Å². The zero-order chi connectivity index (χ0) is 14.1. The van der Waals surface area contributed by atoms with Gasteiger partial charge >= 0.3 is 0 Å². The predicted octanol–water partition coefficient (Wildman–Crippen LogP) is 4.82. The van der Waals surface area contributed by atoms with Gasteiger partial charge in [0.1, 0.15) is 0 Å². The van der Waals surface area contributed by atoms with Crippen LogP contribution in [0, 0.1) is 5.82 Å². The molecule has 3 nitrogen and oxygen atoms in total. The minimum atomic E-state index is -0.531. The molecule has 2 heterocycles. The second-order valence-corrected chi connectivity index (χ2v) is 4.95. The van der Waals surface area contributed by atoms with Crippen LogP contribution in [0.4, 0.5) is 15.9 Å². The molecule has 20 heavy (non-hydrogen) atoms. The molecule has 0 atom stereocenters. The summed E-state index contributed by atoms with van der Waals surface area (Å²) in [5.41, 5.74) is 1.27. The van der Waals surface area contributed by atoms with Gasteiger partial charge in [-0.2, -0.15) is 0 Å². The first-order valence-electron chi connectivity index (χ1n) is 5.76. The lowest BCUT2D eigenvalue weighted by Crippen LogP contribution is -1.98. The Hall–Kier alpha value is -1.91. The summed E-state index contributed by atoms with van der Waals surface area (Å²) in [7, 11) is 0. The molecule has 0 spiro atoms. The van der Waals surface area contributed by atoms with E-state index in [-0.39, 0.29) is 10.8 Å². The Balaban J connectivity index is 2.09. The highest BCUT2D eigenvalue weighted by molar-refractivity contribution is 6.35. The number of hydrogen-bond acceptors (Lipinski definition) is 3. The van der Waals surface area contributed by atoms with E-state index >= 15 is 0 Å². The first kappa shape index (κ1) is 13.1. The average Bonchev–Trinajstić information content (AvgIpc) is 2.45. The Kier molecular flexibility index (Phi) is 3.42. The number of rotatable bonds is 2.